The quantitative estimate of drug-likeness (QED) is 0.466. The van der Waals surface area contributed by atoms with Crippen LogP contribution in [0.25, 0.3) is 0 Å². The molecule has 0 rings (SSSR count). The SMILES string of the molecule is CC(C)SC(=O)OCC[N+](C)(C)C.[Cl-]. The van der Waals surface area contributed by atoms with Crippen molar-refractivity contribution in [2.75, 3.05) is 34.3 Å². The number of likely N-dealkylation sites (N-methyl/N-ethyl adjacent to an activating group) is 1. The Morgan fingerprint density at radius 3 is 2.21 bits per heavy atom. The molecule has 0 fully saturated rings. The van der Waals surface area contributed by atoms with Gasteiger partial charge in [-0.25, -0.2) is 4.79 Å². The topological polar surface area (TPSA) is 26.3 Å². The van der Waals surface area contributed by atoms with E-state index in [-0.39, 0.29) is 17.7 Å². The highest BCUT2D eigenvalue weighted by Gasteiger charge is 2.10. The number of nitrogens with zero attached hydrogens (tertiary/aromatic N) is 1. The van der Waals surface area contributed by atoms with Crippen molar-refractivity contribution in [1.82, 2.24) is 0 Å². The van der Waals surface area contributed by atoms with Crippen molar-refractivity contribution in [1.29, 1.82) is 0 Å². The van der Waals surface area contributed by atoms with E-state index in [0.717, 1.165) is 11.0 Å². The molecule has 0 radical (unpaired) electrons. The Morgan fingerprint density at radius 2 is 1.86 bits per heavy atom. The molecule has 0 spiro atoms. The van der Waals surface area contributed by atoms with E-state index in [9.17, 15) is 4.79 Å². The predicted octanol–water partition coefficient (Wildman–Crippen LogP) is -1.03. The Bertz CT molecular complexity index is 169. The van der Waals surface area contributed by atoms with Gasteiger partial charge < -0.3 is 21.6 Å². The van der Waals surface area contributed by atoms with Crippen LogP contribution < -0.4 is 12.4 Å². The zero-order chi connectivity index (χ0) is 10.5. The summed E-state index contributed by atoms with van der Waals surface area (Å²) in [5.41, 5.74) is 0. The first-order valence-corrected chi connectivity index (χ1v) is 5.33. The molecule has 0 aromatic carbocycles. The minimum atomic E-state index is -0.163. The van der Waals surface area contributed by atoms with E-state index in [1.165, 1.54) is 11.8 Å². The molecular weight excluding hydrogens is 222 g/mol. The third-order valence-electron chi connectivity index (χ3n) is 1.31. The van der Waals surface area contributed by atoms with Gasteiger partial charge in [-0.2, -0.15) is 0 Å². The van der Waals surface area contributed by atoms with Crippen LogP contribution in [0.4, 0.5) is 4.79 Å². The molecule has 0 aliphatic carbocycles. The van der Waals surface area contributed by atoms with E-state index in [1.807, 2.05) is 13.8 Å². The minimum absolute atomic E-state index is 0. The monoisotopic (exact) mass is 241 g/mol. The first kappa shape index (κ1) is 16.5. The lowest BCUT2D eigenvalue weighted by Crippen LogP contribution is -3.00. The summed E-state index contributed by atoms with van der Waals surface area (Å²) >= 11 is 1.24. The number of hydrogen-bond acceptors (Lipinski definition) is 3. The summed E-state index contributed by atoms with van der Waals surface area (Å²) in [4.78, 5) is 11.1. The van der Waals surface area contributed by atoms with Gasteiger partial charge in [-0.15, -0.1) is 0 Å². The van der Waals surface area contributed by atoms with E-state index in [1.54, 1.807) is 0 Å². The highest BCUT2D eigenvalue weighted by atomic mass is 35.5. The standard InChI is InChI=1S/C9H20NO2S.ClH/c1-8(2)13-9(11)12-7-6-10(3,4)5;/h8H,6-7H2,1-5H3;1H/q+1;/p-1. The maximum Gasteiger partial charge on any atom is 0.367 e. The summed E-state index contributed by atoms with van der Waals surface area (Å²) in [6, 6.07) is 0. The fourth-order valence-electron chi connectivity index (χ4n) is 0.629. The van der Waals surface area contributed by atoms with E-state index in [4.69, 9.17) is 4.74 Å². The first-order chi connectivity index (χ1) is 5.81. The van der Waals surface area contributed by atoms with Crippen molar-refractivity contribution in [3.63, 3.8) is 0 Å². The van der Waals surface area contributed by atoms with Gasteiger partial charge in [0.15, 0.2) is 0 Å². The summed E-state index contributed by atoms with van der Waals surface area (Å²) < 4.78 is 5.86. The van der Waals surface area contributed by atoms with Crippen LogP contribution in [-0.2, 0) is 4.74 Å². The van der Waals surface area contributed by atoms with Gasteiger partial charge in [-0.05, 0) is 11.8 Å². The van der Waals surface area contributed by atoms with Gasteiger partial charge in [0.1, 0.15) is 13.2 Å². The van der Waals surface area contributed by atoms with Crippen LogP contribution in [0.15, 0.2) is 0 Å². The van der Waals surface area contributed by atoms with E-state index in [0.29, 0.717) is 11.9 Å². The summed E-state index contributed by atoms with van der Waals surface area (Å²) in [6.45, 7) is 5.31. The molecule has 0 N–H and O–H groups in total. The summed E-state index contributed by atoms with van der Waals surface area (Å²) in [6.07, 6.45) is 0. The van der Waals surface area contributed by atoms with Crippen molar-refractivity contribution in [3.05, 3.63) is 0 Å². The normalized spacial score (nSPS) is 11.0. The molecule has 86 valence electrons. The van der Waals surface area contributed by atoms with Crippen LogP contribution >= 0.6 is 11.8 Å². The van der Waals surface area contributed by atoms with Gasteiger partial charge >= 0.3 is 5.30 Å². The van der Waals surface area contributed by atoms with Gasteiger partial charge in [-0.1, -0.05) is 13.8 Å². The molecular formula is C9H20ClNO2S. The second-order valence-electron chi connectivity index (χ2n) is 4.28. The summed E-state index contributed by atoms with van der Waals surface area (Å²) in [5.74, 6) is 0. The van der Waals surface area contributed by atoms with Crippen molar-refractivity contribution in [3.8, 4) is 0 Å². The maximum atomic E-state index is 11.1. The number of thioether (sulfide) groups is 1. The number of ether oxygens (including phenoxy) is 1. The first-order valence-electron chi connectivity index (χ1n) is 4.45. The van der Waals surface area contributed by atoms with Crippen LogP contribution in [-0.4, -0.2) is 49.3 Å². The molecule has 0 unspecified atom stereocenters. The van der Waals surface area contributed by atoms with E-state index in [2.05, 4.69) is 21.1 Å². The number of rotatable bonds is 4. The largest absolute Gasteiger partial charge is 1.00 e. The molecule has 0 saturated carbocycles. The molecule has 0 amide bonds. The van der Waals surface area contributed by atoms with E-state index < -0.39 is 0 Å². The smallest absolute Gasteiger partial charge is 0.367 e. The molecule has 14 heavy (non-hydrogen) atoms. The lowest BCUT2D eigenvalue weighted by Gasteiger charge is -2.23. The Balaban J connectivity index is 0. The van der Waals surface area contributed by atoms with E-state index >= 15 is 0 Å². The molecule has 0 bridgehead atoms. The Hall–Kier alpha value is 0.0700. The Morgan fingerprint density at radius 1 is 1.36 bits per heavy atom. The predicted molar refractivity (Wildman–Crippen MR) is 57.0 cm³/mol. The second kappa shape index (κ2) is 7.37. The highest BCUT2D eigenvalue weighted by Crippen LogP contribution is 2.12. The van der Waals surface area contributed by atoms with Crippen LogP contribution in [0.1, 0.15) is 13.8 Å². The molecule has 3 nitrogen and oxygen atoms in total. The zero-order valence-electron chi connectivity index (χ0n) is 9.54. The molecule has 0 aliphatic heterocycles. The molecule has 0 atom stereocenters. The molecule has 0 saturated heterocycles. The fraction of sp³-hybridized carbons (Fsp3) is 0.889. The highest BCUT2D eigenvalue weighted by molar-refractivity contribution is 8.13. The van der Waals surface area contributed by atoms with Crippen LogP contribution in [0.2, 0.25) is 0 Å². The number of carbonyl (C=O) groups excluding carboxylic acids is 1. The third kappa shape index (κ3) is 12.1. The second-order valence-corrected chi connectivity index (χ2v) is 5.79. The fourth-order valence-corrected chi connectivity index (χ4v) is 1.17. The molecule has 0 heterocycles. The molecule has 0 aromatic heterocycles. The number of carbonyl (C=O) groups is 1. The third-order valence-corrected chi connectivity index (χ3v) is 2.10. The van der Waals surface area contributed by atoms with Crippen molar-refractivity contribution < 1.29 is 26.4 Å². The number of quaternary nitrogens is 1. The van der Waals surface area contributed by atoms with Crippen molar-refractivity contribution in [2.24, 2.45) is 0 Å². The van der Waals surface area contributed by atoms with Crippen LogP contribution in [0, 0.1) is 0 Å². The summed E-state index contributed by atoms with van der Waals surface area (Å²) in [7, 11) is 6.22. The van der Waals surface area contributed by atoms with Crippen molar-refractivity contribution >= 4 is 17.1 Å². The van der Waals surface area contributed by atoms with Crippen molar-refractivity contribution in [2.45, 2.75) is 19.1 Å². The number of halogens is 1. The zero-order valence-corrected chi connectivity index (χ0v) is 11.1. The summed E-state index contributed by atoms with van der Waals surface area (Å²) in [5, 5.41) is 0.139. The van der Waals surface area contributed by atoms with Gasteiger partial charge in [-0.3, -0.25) is 0 Å². The van der Waals surface area contributed by atoms with Crippen LogP contribution in [0.3, 0.4) is 0 Å². The molecule has 0 aromatic rings. The lowest BCUT2D eigenvalue weighted by molar-refractivity contribution is -0.870. The van der Waals surface area contributed by atoms with Crippen LogP contribution in [0.5, 0.6) is 0 Å². The molecule has 5 heteroatoms. The maximum absolute atomic E-state index is 11.1. The minimum Gasteiger partial charge on any atom is -1.00 e. The Kier molecular flexibility index (Phi) is 8.69. The lowest BCUT2D eigenvalue weighted by atomic mass is 10.5. The average molecular weight is 242 g/mol. The van der Waals surface area contributed by atoms with Gasteiger partial charge in [0.05, 0.1) is 21.1 Å². The molecule has 0 aliphatic rings. The Labute approximate surface area is 97.2 Å². The van der Waals surface area contributed by atoms with Gasteiger partial charge in [0.25, 0.3) is 0 Å². The number of hydrogen-bond donors (Lipinski definition) is 0. The van der Waals surface area contributed by atoms with Gasteiger partial charge in [0, 0.05) is 5.25 Å². The average Bonchev–Trinajstić information content (AvgIpc) is 1.81. The van der Waals surface area contributed by atoms with Gasteiger partial charge in [0.2, 0.25) is 0 Å².